The van der Waals surface area contributed by atoms with Crippen LogP contribution in [0.4, 0.5) is 0 Å². The van der Waals surface area contributed by atoms with Gasteiger partial charge in [-0.05, 0) is 19.8 Å². The summed E-state index contributed by atoms with van der Waals surface area (Å²) in [5, 5.41) is -0.245. The zero-order valence-corrected chi connectivity index (χ0v) is 8.77. The predicted octanol–water partition coefficient (Wildman–Crippen LogP) is 1.32. The molecule has 0 saturated heterocycles. The highest BCUT2D eigenvalue weighted by atomic mass is 32.2. The predicted molar refractivity (Wildman–Crippen MR) is 51.3 cm³/mol. The topological polar surface area (TPSA) is 51.2 Å². The maximum absolute atomic E-state index is 11.6. The van der Waals surface area contributed by atoms with Gasteiger partial charge < -0.3 is 0 Å². The Bertz CT molecular complexity index is 273. The van der Waals surface area contributed by atoms with Crippen LogP contribution in [-0.4, -0.2) is 25.2 Å². The van der Waals surface area contributed by atoms with Crippen LogP contribution in [0.5, 0.6) is 0 Å². The molecule has 0 aliphatic heterocycles. The molecule has 4 heteroatoms. The number of sulfone groups is 1. The Morgan fingerprint density at radius 2 is 1.77 bits per heavy atom. The molecule has 13 heavy (non-hydrogen) atoms. The summed E-state index contributed by atoms with van der Waals surface area (Å²) in [4.78, 5) is 10.7. The second-order valence-electron chi connectivity index (χ2n) is 3.77. The Hall–Kier alpha value is -0.380. The summed E-state index contributed by atoms with van der Waals surface area (Å²) in [5.41, 5.74) is 0. The minimum atomic E-state index is -3.13. The molecule has 3 nitrogen and oxygen atoms in total. The summed E-state index contributed by atoms with van der Waals surface area (Å²) in [6.45, 7) is 1.33. The first kappa shape index (κ1) is 10.7. The largest absolute Gasteiger partial charge is 0.299 e. The number of rotatable bonds is 3. The fourth-order valence-electron chi connectivity index (χ4n) is 1.83. The average Bonchev–Trinajstić information content (AvgIpc) is 2.04. The Morgan fingerprint density at radius 3 is 2.23 bits per heavy atom. The molecular weight excluding hydrogens is 188 g/mol. The highest BCUT2D eigenvalue weighted by Crippen LogP contribution is 2.24. The molecule has 0 heterocycles. The first-order chi connectivity index (χ1) is 6.02. The zero-order valence-electron chi connectivity index (χ0n) is 7.95. The maximum atomic E-state index is 11.6. The SMILES string of the molecule is CC(=O)CS(=O)(=O)C1CCCCC1. The van der Waals surface area contributed by atoms with Crippen LogP contribution >= 0.6 is 0 Å². The molecule has 0 bridgehead atoms. The molecular formula is C9H16O3S. The lowest BCUT2D eigenvalue weighted by Crippen LogP contribution is -2.28. The van der Waals surface area contributed by atoms with E-state index < -0.39 is 9.84 Å². The van der Waals surface area contributed by atoms with Crippen LogP contribution in [0.2, 0.25) is 0 Å². The standard InChI is InChI=1S/C9H16O3S/c1-8(10)7-13(11,12)9-5-3-2-4-6-9/h9H,2-7H2,1H3. The van der Waals surface area contributed by atoms with Crippen molar-refractivity contribution < 1.29 is 13.2 Å². The van der Waals surface area contributed by atoms with Crippen molar-refractivity contribution in [3.8, 4) is 0 Å². The van der Waals surface area contributed by atoms with Gasteiger partial charge >= 0.3 is 0 Å². The van der Waals surface area contributed by atoms with Crippen molar-refractivity contribution in [1.82, 2.24) is 0 Å². The van der Waals surface area contributed by atoms with Gasteiger partial charge in [0.15, 0.2) is 9.84 Å². The second kappa shape index (κ2) is 4.22. The van der Waals surface area contributed by atoms with Crippen LogP contribution < -0.4 is 0 Å². The maximum Gasteiger partial charge on any atom is 0.160 e. The number of Topliss-reactive ketones (excluding diaryl/α,β-unsaturated/α-hetero) is 1. The number of ketones is 1. The van der Waals surface area contributed by atoms with Gasteiger partial charge in [-0.1, -0.05) is 19.3 Å². The van der Waals surface area contributed by atoms with E-state index in [0.29, 0.717) is 0 Å². The first-order valence-electron chi connectivity index (χ1n) is 4.73. The van der Waals surface area contributed by atoms with Crippen molar-refractivity contribution in [3.63, 3.8) is 0 Å². The molecule has 1 aliphatic carbocycles. The molecule has 1 fully saturated rings. The highest BCUT2D eigenvalue weighted by molar-refractivity contribution is 7.92. The van der Waals surface area contributed by atoms with E-state index in [1.54, 1.807) is 0 Å². The van der Waals surface area contributed by atoms with E-state index in [4.69, 9.17) is 0 Å². The summed E-state index contributed by atoms with van der Waals surface area (Å²) in [5.74, 6) is -0.511. The van der Waals surface area contributed by atoms with E-state index >= 15 is 0 Å². The third-order valence-corrected chi connectivity index (χ3v) is 4.76. The molecule has 0 radical (unpaired) electrons. The summed E-state index contributed by atoms with van der Waals surface area (Å²) < 4.78 is 23.2. The number of carbonyl (C=O) groups excluding carboxylic acids is 1. The van der Waals surface area contributed by atoms with E-state index in [2.05, 4.69) is 0 Å². The van der Waals surface area contributed by atoms with Gasteiger partial charge in [-0.15, -0.1) is 0 Å². The quantitative estimate of drug-likeness (QED) is 0.696. The van der Waals surface area contributed by atoms with Gasteiger partial charge in [-0.2, -0.15) is 0 Å². The normalized spacial score (nSPS) is 20.1. The monoisotopic (exact) mass is 204 g/mol. The van der Waals surface area contributed by atoms with Crippen molar-refractivity contribution in [1.29, 1.82) is 0 Å². The van der Waals surface area contributed by atoms with E-state index in [1.807, 2.05) is 0 Å². The molecule has 0 aromatic carbocycles. The minimum absolute atomic E-state index is 0.245. The molecule has 0 N–H and O–H groups in total. The molecule has 0 spiro atoms. The van der Waals surface area contributed by atoms with Crippen molar-refractivity contribution in [2.24, 2.45) is 0 Å². The van der Waals surface area contributed by atoms with E-state index in [0.717, 1.165) is 32.1 Å². The van der Waals surface area contributed by atoms with Gasteiger partial charge in [0.05, 0.1) is 5.25 Å². The smallest absolute Gasteiger partial charge is 0.160 e. The highest BCUT2D eigenvalue weighted by Gasteiger charge is 2.27. The molecule has 0 aromatic heterocycles. The Morgan fingerprint density at radius 1 is 1.23 bits per heavy atom. The Labute approximate surface area is 79.4 Å². The molecule has 0 atom stereocenters. The van der Waals surface area contributed by atoms with Crippen LogP contribution in [-0.2, 0) is 14.6 Å². The van der Waals surface area contributed by atoms with Crippen molar-refractivity contribution in [2.45, 2.75) is 44.3 Å². The van der Waals surface area contributed by atoms with Gasteiger partial charge in [-0.3, -0.25) is 4.79 Å². The van der Waals surface area contributed by atoms with Gasteiger partial charge in [0.1, 0.15) is 11.5 Å². The van der Waals surface area contributed by atoms with Crippen LogP contribution in [0.3, 0.4) is 0 Å². The summed E-state index contributed by atoms with van der Waals surface area (Å²) in [6.07, 6.45) is 4.60. The number of hydrogen-bond donors (Lipinski definition) is 0. The van der Waals surface area contributed by atoms with Crippen molar-refractivity contribution in [2.75, 3.05) is 5.75 Å². The average molecular weight is 204 g/mol. The Balaban J connectivity index is 2.62. The van der Waals surface area contributed by atoms with E-state index in [-0.39, 0.29) is 16.8 Å². The lowest BCUT2D eigenvalue weighted by atomic mass is 10.0. The van der Waals surface area contributed by atoms with Crippen molar-refractivity contribution >= 4 is 15.6 Å². The molecule has 1 saturated carbocycles. The molecule has 0 aromatic rings. The lowest BCUT2D eigenvalue weighted by molar-refractivity contribution is -0.114. The lowest BCUT2D eigenvalue weighted by Gasteiger charge is -2.20. The summed E-state index contributed by atoms with van der Waals surface area (Å²) in [6, 6.07) is 0. The Kier molecular flexibility index (Phi) is 3.47. The van der Waals surface area contributed by atoms with Crippen molar-refractivity contribution in [3.05, 3.63) is 0 Å². The first-order valence-corrected chi connectivity index (χ1v) is 6.45. The molecule has 0 amide bonds. The fourth-order valence-corrected chi connectivity index (χ4v) is 3.68. The van der Waals surface area contributed by atoms with Gasteiger partial charge in [0.25, 0.3) is 0 Å². The third kappa shape index (κ3) is 3.10. The number of hydrogen-bond acceptors (Lipinski definition) is 3. The molecule has 1 aliphatic rings. The van der Waals surface area contributed by atoms with Gasteiger partial charge in [0, 0.05) is 0 Å². The van der Waals surface area contributed by atoms with Gasteiger partial charge in [-0.25, -0.2) is 8.42 Å². The second-order valence-corrected chi connectivity index (χ2v) is 6.05. The summed E-state index contributed by atoms with van der Waals surface area (Å²) >= 11 is 0. The van der Waals surface area contributed by atoms with Crippen LogP contribution in [0.1, 0.15) is 39.0 Å². The van der Waals surface area contributed by atoms with Gasteiger partial charge in [0.2, 0.25) is 0 Å². The molecule has 1 rings (SSSR count). The number of carbonyl (C=O) groups is 1. The molecule has 0 unspecified atom stereocenters. The van der Waals surface area contributed by atoms with Crippen LogP contribution in [0.15, 0.2) is 0 Å². The van der Waals surface area contributed by atoms with E-state index in [1.165, 1.54) is 6.92 Å². The third-order valence-electron chi connectivity index (χ3n) is 2.46. The zero-order chi connectivity index (χ0) is 9.90. The van der Waals surface area contributed by atoms with E-state index in [9.17, 15) is 13.2 Å². The summed E-state index contributed by atoms with van der Waals surface area (Å²) in [7, 11) is -3.13. The van der Waals surface area contributed by atoms with Crippen LogP contribution in [0, 0.1) is 0 Å². The van der Waals surface area contributed by atoms with Crippen LogP contribution in [0.25, 0.3) is 0 Å². The minimum Gasteiger partial charge on any atom is -0.299 e. The fraction of sp³-hybridized carbons (Fsp3) is 0.889. The molecule has 76 valence electrons.